The Morgan fingerprint density at radius 2 is 1.58 bits per heavy atom. The van der Waals surface area contributed by atoms with Gasteiger partial charge in [0.05, 0.1) is 0 Å². The van der Waals surface area contributed by atoms with E-state index in [0.29, 0.717) is 12.0 Å². The van der Waals surface area contributed by atoms with E-state index in [9.17, 15) is 4.79 Å². The molecule has 0 aromatic carbocycles. The number of hydrogen-bond donors (Lipinski definition) is 1. The van der Waals surface area contributed by atoms with Crippen LogP contribution in [0.4, 0.5) is 4.79 Å². The van der Waals surface area contributed by atoms with Gasteiger partial charge in [0, 0.05) is 51.9 Å². The van der Waals surface area contributed by atoms with E-state index >= 15 is 0 Å². The fourth-order valence-electron chi connectivity index (χ4n) is 6.19. The number of fused-ring (bicyclic) bond motifs is 1. The number of carbonyl (C=O) groups is 1. The lowest BCUT2D eigenvalue weighted by atomic mass is 9.68. The molecule has 2 saturated carbocycles. The molecule has 0 spiro atoms. The van der Waals surface area contributed by atoms with Gasteiger partial charge in [-0.1, -0.05) is 13.8 Å². The smallest absolute Gasteiger partial charge is 0.317 e. The van der Waals surface area contributed by atoms with Crippen molar-refractivity contribution in [3.63, 3.8) is 0 Å². The van der Waals surface area contributed by atoms with Gasteiger partial charge in [0.2, 0.25) is 0 Å². The molecule has 5 fully saturated rings. The van der Waals surface area contributed by atoms with Gasteiger partial charge in [-0.05, 0) is 62.3 Å². The number of carbonyl (C=O) groups excluding carboxylic acids is 1. The normalized spacial score (nSPS) is 36.2. The zero-order valence-corrected chi connectivity index (χ0v) is 16.8. The molecule has 2 amide bonds. The highest BCUT2D eigenvalue weighted by molar-refractivity contribution is 5.74. The lowest BCUT2D eigenvalue weighted by Crippen LogP contribution is -2.50. The molecule has 3 heterocycles. The van der Waals surface area contributed by atoms with E-state index in [1.54, 1.807) is 0 Å². The summed E-state index contributed by atoms with van der Waals surface area (Å²) in [7, 11) is 0. The van der Waals surface area contributed by atoms with Gasteiger partial charge >= 0.3 is 6.03 Å². The Bertz CT molecular complexity index is 476. The average Bonchev–Trinajstić information content (AvgIpc) is 2.84. The Hall–Kier alpha value is -0.810. The maximum absolute atomic E-state index is 12.9. The third kappa shape index (κ3) is 4.19. The molecular formula is C21H38N4O. The second kappa shape index (κ2) is 8.05. The first kappa shape index (κ1) is 18.5. The standard InChI is InChI=1S/C21H38N4O/c1-3-23-4-6-24(7-5-23)14-16(2)13-22-21(26)25-15-19-9-17-8-18(10-19)12-20(25)11-17/h16-20H,3-15H2,1-2H3,(H,22,26). The molecule has 0 aromatic heterocycles. The fraction of sp³-hybridized carbons (Fsp3) is 0.952. The van der Waals surface area contributed by atoms with Crippen LogP contribution in [0.2, 0.25) is 0 Å². The van der Waals surface area contributed by atoms with E-state index in [1.165, 1.54) is 64.8 Å². The van der Waals surface area contributed by atoms with Crippen molar-refractivity contribution in [2.24, 2.45) is 23.7 Å². The Kier molecular flexibility index (Phi) is 5.75. The summed E-state index contributed by atoms with van der Waals surface area (Å²) in [5.41, 5.74) is 0. The molecule has 0 aromatic rings. The van der Waals surface area contributed by atoms with Gasteiger partial charge in [-0.15, -0.1) is 0 Å². The maximum Gasteiger partial charge on any atom is 0.317 e. The van der Waals surface area contributed by atoms with Crippen molar-refractivity contribution >= 4 is 6.03 Å². The molecule has 3 saturated heterocycles. The second-order valence-corrected chi connectivity index (χ2v) is 9.61. The molecule has 4 bridgehead atoms. The topological polar surface area (TPSA) is 38.8 Å². The summed E-state index contributed by atoms with van der Waals surface area (Å²) in [6.45, 7) is 13.3. The predicted molar refractivity (Wildman–Crippen MR) is 105 cm³/mol. The van der Waals surface area contributed by atoms with E-state index in [1.807, 2.05) is 0 Å². The third-order valence-corrected chi connectivity index (χ3v) is 7.45. The first-order valence-electron chi connectivity index (χ1n) is 11.1. The Balaban J connectivity index is 1.22. The van der Waals surface area contributed by atoms with Crippen LogP contribution in [0.3, 0.4) is 0 Å². The Labute approximate surface area is 159 Å². The monoisotopic (exact) mass is 362 g/mol. The number of rotatable bonds is 5. The summed E-state index contributed by atoms with van der Waals surface area (Å²) in [6, 6.07) is 0.731. The van der Waals surface area contributed by atoms with Gasteiger partial charge < -0.3 is 20.0 Å². The summed E-state index contributed by atoms with van der Waals surface area (Å²) in [4.78, 5) is 20.2. The largest absolute Gasteiger partial charge is 0.338 e. The number of nitrogens with zero attached hydrogens (tertiary/aromatic N) is 3. The molecule has 5 rings (SSSR count). The molecule has 26 heavy (non-hydrogen) atoms. The van der Waals surface area contributed by atoms with Crippen LogP contribution in [0, 0.1) is 23.7 Å². The summed E-state index contributed by atoms with van der Waals surface area (Å²) < 4.78 is 0. The van der Waals surface area contributed by atoms with Crippen LogP contribution < -0.4 is 5.32 Å². The van der Waals surface area contributed by atoms with Gasteiger partial charge in [-0.25, -0.2) is 4.79 Å². The van der Waals surface area contributed by atoms with Gasteiger partial charge in [0.25, 0.3) is 0 Å². The molecule has 5 aliphatic rings. The molecule has 5 nitrogen and oxygen atoms in total. The maximum atomic E-state index is 12.9. The van der Waals surface area contributed by atoms with Crippen molar-refractivity contribution in [2.45, 2.75) is 52.0 Å². The minimum absolute atomic E-state index is 0.214. The molecule has 5 heteroatoms. The lowest BCUT2D eigenvalue weighted by Gasteiger charge is -2.39. The zero-order valence-electron chi connectivity index (χ0n) is 16.8. The van der Waals surface area contributed by atoms with Crippen LogP contribution in [0.1, 0.15) is 46.0 Å². The van der Waals surface area contributed by atoms with Crippen LogP contribution in [-0.2, 0) is 0 Å². The molecule has 3 atom stereocenters. The van der Waals surface area contributed by atoms with Gasteiger partial charge in [0.1, 0.15) is 0 Å². The second-order valence-electron chi connectivity index (χ2n) is 9.61. The predicted octanol–water partition coefficient (Wildman–Crippen LogP) is 2.48. The van der Waals surface area contributed by atoms with E-state index in [0.717, 1.165) is 37.4 Å². The minimum atomic E-state index is 0.214. The van der Waals surface area contributed by atoms with E-state index in [2.05, 4.69) is 33.9 Å². The highest BCUT2D eigenvalue weighted by Gasteiger charge is 2.44. The quantitative estimate of drug-likeness (QED) is 0.817. The number of hydrogen-bond acceptors (Lipinski definition) is 3. The first-order valence-corrected chi connectivity index (χ1v) is 11.1. The Morgan fingerprint density at radius 3 is 2.23 bits per heavy atom. The van der Waals surface area contributed by atoms with Crippen LogP contribution in [0.25, 0.3) is 0 Å². The number of urea groups is 1. The van der Waals surface area contributed by atoms with Gasteiger partial charge in [-0.3, -0.25) is 0 Å². The summed E-state index contributed by atoms with van der Waals surface area (Å²) >= 11 is 0. The molecule has 148 valence electrons. The van der Waals surface area contributed by atoms with Crippen molar-refractivity contribution < 1.29 is 4.79 Å². The first-order chi connectivity index (χ1) is 12.6. The minimum Gasteiger partial charge on any atom is -0.338 e. The molecular weight excluding hydrogens is 324 g/mol. The van der Waals surface area contributed by atoms with Crippen molar-refractivity contribution in [3.8, 4) is 0 Å². The van der Waals surface area contributed by atoms with Crippen molar-refractivity contribution in [2.75, 3.05) is 52.4 Å². The summed E-state index contributed by atoms with van der Waals surface area (Å²) in [5.74, 6) is 3.09. The number of nitrogens with one attached hydrogen (secondary N) is 1. The van der Waals surface area contributed by atoms with Crippen LogP contribution in [0.15, 0.2) is 0 Å². The molecule has 3 aliphatic heterocycles. The Morgan fingerprint density at radius 1 is 0.962 bits per heavy atom. The van der Waals surface area contributed by atoms with E-state index in [-0.39, 0.29) is 6.03 Å². The van der Waals surface area contributed by atoms with Crippen molar-refractivity contribution in [1.82, 2.24) is 20.0 Å². The van der Waals surface area contributed by atoms with Gasteiger partial charge in [-0.2, -0.15) is 0 Å². The SMILES string of the molecule is CCN1CCN(CC(C)CNC(=O)N2CC3CC4CC(C3)CC2C4)CC1. The van der Waals surface area contributed by atoms with Gasteiger partial charge in [0.15, 0.2) is 0 Å². The van der Waals surface area contributed by atoms with E-state index in [4.69, 9.17) is 0 Å². The fourth-order valence-corrected chi connectivity index (χ4v) is 6.19. The third-order valence-electron chi connectivity index (χ3n) is 7.45. The van der Waals surface area contributed by atoms with E-state index < -0.39 is 0 Å². The number of likely N-dealkylation sites (N-methyl/N-ethyl adjacent to an activating group) is 1. The number of amides is 2. The zero-order chi connectivity index (χ0) is 18.1. The summed E-state index contributed by atoms with van der Waals surface area (Å²) in [5, 5.41) is 3.28. The highest BCUT2D eigenvalue weighted by atomic mass is 16.2. The van der Waals surface area contributed by atoms with Crippen LogP contribution in [0.5, 0.6) is 0 Å². The van der Waals surface area contributed by atoms with Crippen LogP contribution in [-0.4, -0.2) is 79.1 Å². The summed E-state index contributed by atoms with van der Waals surface area (Å²) in [6.07, 6.45) is 6.70. The molecule has 2 aliphatic carbocycles. The molecule has 3 unspecified atom stereocenters. The van der Waals surface area contributed by atoms with Crippen molar-refractivity contribution in [1.29, 1.82) is 0 Å². The lowest BCUT2D eigenvalue weighted by molar-refractivity contribution is 0.120. The average molecular weight is 363 g/mol. The molecule has 0 radical (unpaired) electrons. The molecule has 1 N–H and O–H groups in total. The number of piperazine rings is 1. The highest BCUT2D eigenvalue weighted by Crippen LogP contribution is 2.47. The van der Waals surface area contributed by atoms with Crippen LogP contribution >= 0.6 is 0 Å². The van der Waals surface area contributed by atoms with Crippen molar-refractivity contribution in [3.05, 3.63) is 0 Å².